The van der Waals surface area contributed by atoms with Gasteiger partial charge < -0.3 is 30.1 Å². The van der Waals surface area contributed by atoms with Crippen LogP contribution in [-0.4, -0.2) is 42.5 Å². The highest BCUT2D eigenvalue weighted by Gasteiger charge is 2.56. The molecule has 0 saturated heterocycles. The SMILES string of the molecule is COc1ccc(-c2cc3ccc(OC4CCC(OC(=O)C(CC(C)(C)N)C(C)(C)N)C4C(F)(F)F)cc3oc2=O)c(C(F)(F)F)c1. The minimum Gasteiger partial charge on any atom is -0.497 e. The molecule has 0 radical (unpaired) electrons. The molecule has 46 heavy (non-hydrogen) atoms. The van der Waals surface area contributed by atoms with Crippen molar-refractivity contribution in [3.8, 4) is 22.6 Å². The summed E-state index contributed by atoms with van der Waals surface area (Å²) in [6, 6.07) is 8.16. The van der Waals surface area contributed by atoms with Crippen LogP contribution in [0.25, 0.3) is 22.1 Å². The number of esters is 1. The fourth-order valence-electron chi connectivity index (χ4n) is 5.67. The van der Waals surface area contributed by atoms with E-state index >= 15 is 0 Å². The van der Waals surface area contributed by atoms with E-state index in [1.165, 1.54) is 37.4 Å². The first-order valence-electron chi connectivity index (χ1n) is 14.4. The number of halogens is 6. The number of hydrogen-bond acceptors (Lipinski definition) is 8. The lowest BCUT2D eigenvalue weighted by molar-refractivity contribution is -0.217. The van der Waals surface area contributed by atoms with Crippen molar-refractivity contribution in [3.05, 3.63) is 58.4 Å². The number of benzene rings is 2. The molecule has 4 atom stereocenters. The number of fused-ring (bicyclic) bond motifs is 1. The van der Waals surface area contributed by atoms with Gasteiger partial charge in [0.05, 0.1) is 24.2 Å². The number of ether oxygens (including phenoxy) is 3. The molecule has 0 bridgehead atoms. The first-order chi connectivity index (χ1) is 21.1. The van der Waals surface area contributed by atoms with Crippen molar-refractivity contribution in [2.24, 2.45) is 23.3 Å². The Labute approximate surface area is 261 Å². The van der Waals surface area contributed by atoms with Gasteiger partial charge in [-0.1, -0.05) is 0 Å². The topological polar surface area (TPSA) is 127 Å². The number of rotatable bonds is 9. The Morgan fingerprint density at radius 1 is 0.913 bits per heavy atom. The molecule has 4 N–H and O–H groups in total. The molecule has 1 aliphatic carbocycles. The largest absolute Gasteiger partial charge is 0.497 e. The molecule has 8 nitrogen and oxygen atoms in total. The van der Waals surface area contributed by atoms with Crippen molar-refractivity contribution < 1.29 is 49.8 Å². The lowest BCUT2D eigenvalue weighted by Crippen LogP contribution is -2.51. The van der Waals surface area contributed by atoms with E-state index in [1.54, 1.807) is 27.7 Å². The van der Waals surface area contributed by atoms with Crippen molar-refractivity contribution in [1.82, 2.24) is 0 Å². The number of methoxy groups -OCH3 is 1. The second kappa shape index (κ2) is 12.4. The molecule has 0 spiro atoms. The van der Waals surface area contributed by atoms with Gasteiger partial charge in [0.1, 0.15) is 35.2 Å². The summed E-state index contributed by atoms with van der Waals surface area (Å²) in [6.07, 6.45) is -12.8. The van der Waals surface area contributed by atoms with E-state index in [4.69, 9.17) is 30.1 Å². The molecule has 2 aromatic carbocycles. The summed E-state index contributed by atoms with van der Waals surface area (Å²) in [7, 11) is 1.20. The third-order valence-electron chi connectivity index (χ3n) is 7.91. The Kier molecular flexibility index (Phi) is 9.49. The predicted molar refractivity (Wildman–Crippen MR) is 157 cm³/mol. The minimum atomic E-state index is -4.81. The van der Waals surface area contributed by atoms with Crippen LogP contribution in [0.15, 0.2) is 51.7 Å². The summed E-state index contributed by atoms with van der Waals surface area (Å²) in [5, 5.41) is 0.203. The summed E-state index contributed by atoms with van der Waals surface area (Å²) in [4.78, 5) is 25.9. The molecule has 1 heterocycles. The third kappa shape index (κ3) is 7.95. The van der Waals surface area contributed by atoms with Crippen LogP contribution in [0.5, 0.6) is 11.5 Å². The zero-order chi connectivity index (χ0) is 34.4. The first kappa shape index (κ1) is 35.1. The fraction of sp³-hybridized carbons (Fsp3) is 0.500. The maximum atomic E-state index is 14.3. The van der Waals surface area contributed by atoms with E-state index in [1.807, 2.05) is 0 Å². The van der Waals surface area contributed by atoms with Gasteiger partial charge in [0, 0.05) is 28.1 Å². The van der Waals surface area contributed by atoms with Crippen molar-refractivity contribution in [2.45, 2.75) is 82.6 Å². The normalized spacial score (nSPS) is 20.1. The smallest absolute Gasteiger partial charge is 0.417 e. The molecule has 1 aromatic heterocycles. The maximum absolute atomic E-state index is 14.3. The highest BCUT2D eigenvalue weighted by Crippen LogP contribution is 2.44. The van der Waals surface area contributed by atoms with Crippen LogP contribution < -0.4 is 26.6 Å². The Bertz CT molecular complexity index is 1640. The van der Waals surface area contributed by atoms with E-state index in [-0.39, 0.29) is 47.3 Å². The van der Waals surface area contributed by atoms with Crippen LogP contribution in [0.1, 0.15) is 52.5 Å². The molecule has 4 rings (SSSR count). The number of carbonyl (C=O) groups excluding carboxylic acids is 1. The minimum absolute atomic E-state index is 0.0633. The summed E-state index contributed by atoms with van der Waals surface area (Å²) in [5.74, 6) is -4.18. The quantitative estimate of drug-likeness (QED) is 0.150. The highest BCUT2D eigenvalue weighted by molar-refractivity contribution is 5.83. The van der Waals surface area contributed by atoms with Crippen LogP contribution in [0.4, 0.5) is 26.3 Å². The van der Waals surface area contributed by atoms with E-state index in [0.717, 1.165) is 12.1 Å². The molecule has 0 amide bonds. The molecule has 3 aromatic rings. The van der Waals surface area contributed by atoms with Crippen LogP contribution in [-0.2, 0) is 15.7 Å². The average molecular weight is 659 g/mol. The number of hydrogen-bond donors (Lipinski definition) is 2. The van der Waals surface area contributed by atoms with Crippen LogP contribution >= 0.6 is 0 Å². The number of carbonyl (C=O) groups is 1. The van der Waals surface area contributed by atoms with Crippen molar-refractivity contribution in [2.75, 3.05) is 7.11 Å². The molecule has 1 saturated carbocycles. The number of nitrogens with two attached hydrogens (primary N) is 2. The van der Waals surface area contributed by atoms with Gasteiger partial charge in [-0.2, -0.15) is 26.3 Å². The third-order valence-corrected chi connectivity index (χ3v) is 7.91. The molecule has 252 valence electrons. The van der Waals surface area contributed by atoms with E-state index in [2.05, 4.69) is 0 Å². The Hall–Kier alpha value is -3.78. The van der Waals surface area contributed by atoms with Gasteiger partial charge in [-0.3, -0.25) is 4.79 Å². The molecule has 1 aliphatic rings. The molecular weight excluding hydrogens is 622 g/mol. The van der Waals surface area contributed by atoms with Gasteiger partial charge in [0.25, 0.3) is 0 Å². The molecule has 14 heteroatoms. The van der Waals surface area contributed by atoms with Gasteiger partial charge >= 0.3 is 23.9 Å². The van der Waals surface area contributed by atoms with Gasteiger partial charge in [-0.25, -0.2) is 4.79 Å². The van der Waals surface area contributed by atoms with E-state index < -0.39 is 70.2 Å². The van der Waals surface area contributed by atoms with Gasteiger partial charge in [0.2, 0.25) is 0 Å². The van der Waals surface area contributed by atoms with Gasteiger partial charge in [-0.05, 0) is 83.4 Å². The van der Waals surface area contributed by atoms with Crippen LogP contribution in [0, 0.1) is 11.8 Å². The van der Waals surface area contributed by atoms with Crippen LogP contribution in [0.3, 0.4) is 0 Å². The van der Waals surface area contributed by atoms with Crippen LogP contribution in [0.2, 0.25) is 0 Å². The summed E-state index contributed by atoms with van der Waals surface area (Å²) >= 11 is 0. The van der Waals surface area contributed by atoms with E-state index in [0.29, 0.717) is 0 Å². The zero-order valence-corrected chi connectivity index (χ0v) is 25.8. The van der Waals surface area contributed by atoms with Gasteiger partial charge in [-0.15, -0.1) is 0 Å². The Morgan fingerprint density at radius 2 is 1.54 bits per heavy atom. The Morgan fingerprint density at radius 3 is 2.11 bits per heavy atom. The van der Waals surface area contributed by atoms with Crippen molar-refractivity contribution >= 4 is 16.9 Å². The molecular formula is C32H36F6N2O6. The highest BCUT2D eigenvalue weighted by atomic mass is 19.4. The Balaban J connectivity index is 1.60. The predicted octanol–water partition coefficient (Wildman–Crippen LogP) is 6.60. The lowest BCUT2D eigenvalue weighted by Gasteiger charge is -2.35. The molecule has 4 unspecified atom stereocenters. The second-order valence-electron chi connectivity index (χ2n) is 12.9. The monoisotopic (exact) mass is 658 g/mol. The summed E-state index contributed by atoms with van der Waals surface area (Å²) in [5.41, 5.74) is 7.14. The zero-order valence-electron chi connectivity index (χ0n) is 25.8. The first-order valence-corrected chi connectivity index (χ1v) is 14.4. The van der Waals surface area contributed by atoms with Crippen molar-refractivity contribution in [3.63, 3.8) is 0 Å². The van der Waals surface area contributed by atoms with Crippen molar-refractivity contribution in [1.29, 1.82) is 0 Å². The average Bonchev–Trinajstić information content (AvgIpc) is 3.31. The molecule has 0 aliphatic heterocycles. The lowest BCUT2D eigenvalue weighted by atomic mass is 9.79. The van der Waals surface area contributed by atoms with Gasteiger partial charge in [0.15, 0.2) is 0 Å². The van der Waals surface area contributed by atoms with E-state index in [9.17, 15) is 35.9 Å². The standard InChI is InChI=1S/C32H36F6N2O6/c1-29(2,39)15-22(30(3,4)40)28(42)45-24-11-10-23(26(24)32(36,37)38)44-18-7-6-16-12-20(27(41)46-25(16)14-18)19-9-8-17(43-5)13-21(19)31(33,34)35/h6-9,12-14,22-24,26H,10-11,15,39-40H2,1-5H3. The fourth-order valence-corrected chi connectivity index (χ4v) is 5.67. The number of alkyl halides is 6. The summed E-state index contributed by atoms with van der Waals surface area (Å²) in [6.45, 7) is 6.48. The maximum Gasteiger partial charge on any atom is 0.417 e. The summed E-state index contributed by atoms with van der Waals surface area (Å²) < 4.78 is 106. The second-order valence-corrected chi connectivity index (χ2v) is 12.9. The molecule has 1 fully saturated rings.